The van der Waals surface area contributed by atoms with E-state index in [-0.39, 0.29) is 6.04 Å². The highest BCUT2D eigenvalue weighted by Gasteiger charge is 2.17. The van der Waals surface area contributed by atoms with Gasteiger partial charge in [0.15, 0.2) is 5.82 Å². The zero-order chi connectivity index (χ0) is 14.5. The molecule has 0 radical (unpaired) electrons. The van der Waals surface area contributed by atoms with Crippen LogP contribution in [0, 0.1) is 0 Å². The van der Waals surface area contributed by atoms with Crippen molar-refractivity contribution >= 4 is 23.2 Å². The first-order valence-electron chi connectivity index (χ1n) is 6.09. The third-order valence-corrected chi connectivity index (χ3v) is 3.31. The minimum absolute atomic E-state index is 0.0353. The van der Waals surface area contributed by atoms with Crippen molar-refractivity contribution in [3.8, 4) is 5.69 Å². The summed E-state index contributed by atoms with van der Waals surface area (Å²) in [7, 11) is 1.66. The third kappa shape index (κ3) is 3.46. The van der Waals surface area contributed by atoms with Gasteiger partial charge in [0.1, 0.15) is 0 Å². The maximum absolute atomic E-state index is 6.18. The molecule has 1 heterocycles. The summed E-state index contributed by atoms with van der Waals surface area (Å²) in [5.74, 6) is 0.672. The first kappa shape index (κ1) is 15.2. The minimum atomic E-state index is -0.0353. The van der Waals surface area contributed by atoms with E-state index in [2.05, 4.69) is 20.8 Å². The van der Waals surface area contributed by atoms with Crippen LogP contribution >= 0.6 is 23.2 Å². The third-order valence-electron chi connectivity index (χ3n) is 2.78. The predicted molar refractivity (Wildman–Crippen MR) is 77.5 cm³/mol. The van der Waals surface area contributed by atoms with Gasteiger partial charge in [-0.1, -0.05) is 23.2 Å². The number of hydrogen-bond acceptors (Lipinski definition) is 5. The number of benzene rings is 1. The van der Waals surface area contributed by atoms with Crippen molar-refractivity contribution in [2.75, 3.05) is 20.3 Å². The number of hydrogen-bond donors (Lipinski definition) is 1. The number of nitrogens with one attached hydrogen (secondary N) is 1. The van der Waals surface area contributed by atoms with Gasteiger partial charge in [0, 0.05) is 18.7 Å². The number of halogens is 2. The monoisotopic (exact) mass is 315 g/mol. The summed E-state index contributed by atoms with van der Waals surface area (Å²) in [6.45, 7) is 3.30. The van der Waals surface area contributed by atoms with Crippen LogP contribution in [-0.2, 0) is 4.74 Å². The minimum Gasteiger partial charge on any atom is -0.383 e. The van der Waals surface area contributed by atoms with Crippen LogP contribution < -0.4 is 5.32 Å². The number of tetrazole rings is 1. The average molecular weight is 316 g/mol. The molecule has 0 bridgehead atoms. The molecule has 0 aliphatic carbocycles. The molecule has 0 aliphatic heterocycles. The van der Waals surface area contributed by atoms with Crippen LogP contribution in [0.4, 0.5) is 0 Å². The maximum Gasteiger partial charge on any atom is 0.173 e. The Morgan fingerprint density at radius 1 is 1.40 bits per heavy atom. The van der Waals surface area contributed by atoms with Crippen LogP contribution in [0.5, 0.6) is 0 Å². The molecule has 1 atom stereocenters. The number of nitrogens with zero attached hydrogens (tertiary/aromatic N) is 4. The summed E-state index contributed by atoms with van der Waals surface area (Å²) in [5, 5.41) is 16.1. The van der Waals surface area contributed by atoms with Gasteiger partial charge in [-0.15, -0.1) is 5.10 Å². The van der Waals surface area contributed by atoms with Gasteiger partial charge in [-0.25, -0.2) is 0 Å². The molecular formula is C12H15Cl2N5O. The molecule has 0 fully saturated rings. The second-order valence-electron chi connectivity index (χ2n) is 4.21. The van der Waals surface area contributed by atoms with E-state index >= 15 is 0 Å². The molecule has 0 spiro atoms. The lowest BCUT2D eigenvalue weighted by molar-refractivity contribution is 0.196. The Balaban J connectivity index is 2.23. The Bertz CT molecular complexity index is 575. The summed E-state index contributed by atoms with van der Waals surface area (Å²) >= 11 is 12.1. The quantitative estimate of drug-likeness (QED) is 0.828. The molecule has 6 nitrogen and oxygen atoms in total. The van der Waals surface area contributed by atoms with Crippen LogP contribution in [0.1, 0.15) is 18.8 Å². The largest absolute Gasteiger partial charge is 0.383 e. The molecule has 0 saturated carbocycles. The first-order chi connectivity index (χ1) is 9.63. The van der Waals surface area contributed by atoms with Gasteiger partial charge in [-0.2, -0.15) is 4.68 Å². The molecule has 0 aliphatic rings. The van der Waals surface area contributed by atoms with E-state index in [1.54, 1.807) is 30.0 Å². The smallest absolute Gasteiger partial charge is 0.173 e. The van der Waals surface area contributed by atoms with Crippen molar-refractivity contribution in [1.82, 2.24) is 25.5 Å². The summed E-state index contributed by atoms with van der Waals surface area (Å²) in [6.07, 6.45) is 0. The molecule has 8 heteroatoms. The van der Waals surface area contributed by atoms with Crippen molar-refractivity contribution in [2.24, 2.45) is 0 Å². The Hall–Kier alpha value is -1.21. The first-order valence-corrected chi connectivity index (χ1v) is 6.85. The van der Waals surface area contributed by atoms with Crippen molar-refractivity contribution in [1.29, 1.82) is 0 Å². The highest BCUT2D eigenvalue weighted by atomic mass is 35.5. The van der Waals surface area contributed by atoms with E-state index in [4.69, 9.17) is 27.9 Å². The van der Waals surface area contributed by atoms with Crippen molar-refractivity contribution in [3.63, 3.8) is 0 Å². The number of ether oxygens (including phenoxy) is 1. The van der Waals surface area contributed by atoms with Crippen LogP contribution in [0.3, 0.4) is 0 Å². The number of methoxy groups -OCH3 is 1. The van der Waals surface area contributed by atoms with E-state index in [1.165, 1.54) is 0 Å². The van der Waals surface area contributed by atoms with Crippen molar-refractivity contribution in [3.05, 3.63) is 34.1 Å². The topological polar surface area (TPSA) is 64.9 Å². The Labute approximate surface area is 127 Å². The highest BCUT2D eigenvalue weighted by Crippen LogP contribution is 2.25. The average Bonchev–Trinajstić information content (AvgIpc) is 2.88. The SMILES string of the molecule is COCCNC(C)c1nnnn1-c1ccc(Cl)cc1Cl. The lowest BCUT2D eigenvalue weighted by Gasteiger charge is -2.14. The molecule has 1 aromatic heterocycles. The fourth-order valence-corrected chi connectivity index (χ4v) is 2.25. The molecule has 2 rings (SSSR count). The zero-order valence-corrected chi connectivity index (χ0v) is 12.7. The molecule has 20 heavy (non-hydrogen) atoms. The normalized spacial score (nSPS) is 12.6. The lowest BCUT2D eigenvalue weighted by atomic mass is 10.2. The van der Waals surface area contributed by atoms with Crippen molar-refractivity contribution in [2.45, 2.75) is 13.0 Å². The van der Waals surface area contributed by atoms with Gasteiger partial charge >= 0.3 is 0 Å². The van der Waals surface area contributed by atoms with Crippen LogP contribution in [0.25, 0.3) is 5.69 Å². The highest BCUT2D eigenvalue weighted by molar-refractivity contribution is 6.35. The molecule has 0 saturated heterocycles. The molecule has 108 valence electrons. The number of rotatable bonds is 6. The van der Waals surface area contributed by atoms with E-state index in [9.17, 15) is 0 Å². The predicted octanol–water partition coefficient (Wildman–Crippen LogP) is 2.27. The van der Waals surface area contributed by atoms with E-state index in [1.807, 2.05) is 6.92 Å². The van der Waals surface area contributed by atoms with E-state index < -0.39 is 0 Å². The summed E-state index contributed by atoms with van der Waals surface area (Å²) in [4.78, 5) is 0. The standard InChI is InChI=1S/C12H15Cl2N5O/c1-8(15-5-6-20-2)12-16-17-18-19(12)11-4-3-9(13)7-10(11)14/h3-4,7-8,15H,5-6H2,1-2H3. The van der Waals surface area contributed by atoms with Crippen LogP contribution in [-0.4, -0.2) is 40.5 Å². The number of aromatic nitrogens is 4. The van der Waals surface area contributed by atoms with E-state index in [0.717, 1.165) is 0 Å². The Morgan fingerprint density at radius 3 is 2.90 bits per heavy atom. The fraction of sp³-hybridized carbons (Fsp3) is 0.417. The van der Waals surface area contributed by atoms with Crippen LogP contribution in [0.15, 0.2) is 18.2 Å². The van der Waals surface area contributed by atoms with Crippen LogP contribution in [0.2, 0.25) is 10.0 Å². The molecule has 1 unspecified atom stereocenters. The molecule has 1 aromatic carbocycles. The summed E-state index contributed by atoms with van der Waals surface area (Å²) in [5.41, 5.74) is 0.691. The Kier molecular flexibility index (Phi) is 5.31. The van der Waals surface area contributed by atoms with E-state index in [0.29, 0.717) is 34.7 Å². The van der Waals surface area contributed by atoms with Gasteiger partial charge in [0.25, 0.3) is 0 Å². The molecule has 0 amide bonds. The fourth-order valence-electron chi connectivity index (χ4n) is 1.76. The lowest BCUT2D eigenvalue weighted by Crippen LogP contribution is -2.25. The maximum atomic E-state index is 6.18. The second-order valence-corrected chi connectivity index (χ2v) is 5.06. The summed E-state index contributed by atoms with van der Waals surface area (Å²) in [6, 6.07) is 5.16. The van der Waals surface area contributed by atoms with Gasteiger partial charge in [-0.05, 0) is 35.5 Å². The van der Waals surface area contributed by atoms with Gasteiger partial charge in [0.2, 0.25) is 0 Å². The molecular weight excluding hydrogens is 301 g/mol. The second kappa shape index (κ2) is 6.99. The van der Waals surface area contributed by atoms with Gasteiger partial charge < -0.3 is 10.1 Å². The zero-order valence-electron chi connectivity index (χ0n) is 11.2. The van der Waals surface area contributed by atoms with Crippen molar-refractivity contribution < 1.29 is 4.74 Å². The summed E-state index contributed by atoms with van der Waals surface area (Å²) < 4.78 is 6.60. The van der Waals surface area contributed by atoms with Gasteiger partial charge in [0.05, 0.1) is 23.4 Å². The molecule has 1 N–H and O–H groups in total. The Morgan fingerprint density at radius 2 is 2.20 bits per heavy atom. The molecule has 2 aromatic rings. The van der Waals surface area contributed by atoms with Gasteiger partial charge in [-0.3, -0.25) is 0 Å².